The fourth-order valence-electron chi connectivity index (χ4n) is 2.74. The lowest BCUT2D eigenvalue weighted by molar-refractivity contribution is -0.142. The number of ether oxygens (including phenoxy) is 1. The summed E-state index contributed by atoms with van der Waals surface area (Å²) >= 11 is 3.49. The molecule has 3 nitrogen and oxygen atoms in total. The van der Waals surface area contributed by atoms with E-state index in [1.54, 1.807) is 0 Å². The van der Waals surface area contributed by atoms with Crippen LogP contribution in [0.25, 0.3) is 0 Å². The lowest BCUT2D eigenvalue weighted by atomic mass is 9.85. The number of hydrogen-bond acceptors (Lipinski definition) is 3. The third-order valence-electron chi connectivity index (χ3n) is 5.71. The first-order valence-corrected chi connectivity index (χ1v) is 13.5. The molecule has 0 aromatic heterocycles. The summed E-state index contributed by atoms with van der Waals surface area (Å²) in [6, 6.07) is 7.94. The predicted octanol–water partition coefficient (Wildman–Crippen LogP) is 6.92. The zero-order valence-corrected chi connectivity index (χ0v) is 20.9. The summed E-state index contributed by atoms with van der Waals surface area (Å²) in [6.45, 7) is 16.7. The normalized spacial score (nSPS) is 14.1. The summed E-state index contributed by atoms with van der Waals surface area (Å²) in [5.41, 5.74) is 1.10. The average Bonchev–Trinajstić information content (AvgIpc) is 2.55. The lowest BCUT2D eigenvalue weighted by Gasteiger charge is -2.39. The zero-order valence-electron chi connectivity index (χ0n) is 18.3. The van der Waals surface area contributed by atoms with E-state index in [0.717, 1.165) is 35.9 Å². The maximum Gasteiger partial charge on any atom is 0.313 e. The molecule has 0 bridgehead atoms. The van der Waals surface area contributed by atoms with Crippen molar-refractivity contribution in [3.8, 4) is 0 Å². The highest BCUT2D eigenvalue weighted by atomic mass is 79.9. The highest BCUT2D eigenvalue weighted by Gasteiger charge is 2.38. The number of rotatable bonds is 9. The summed E-state index contributed by atoms with van der Waals surface area (Å²) in [5.74, 6) is -0.381. The van der Waals surface area contributed by atoms with Gasteiger partial charge in [0.15, 0.2) is 8.32 Å². The van der Waals surface area contributed by atoms with Gasteiger partial charge in [-0.3, -0.25) is 4.79 Å². The van der Waals surface area contributed by atoms with Crippen molar-refractivity contribution in [2.24, 2.45) is 5.41 Å². The molecule has 1 atom stereocenters. The van der Waals surface area contributed by atoms with Crippen LogP contribution >= 0.6 is 15.9 Å². The predicted molar refractivity (Wildman–Crippen MR) is 120 cm³/mol. The van der Waals surface area contributed by atoms with E-state index >= 15 is 0 Å². The van der Waals surface area contributed by atoms with Crippen molar-refractivity contribution in [1.82, 2.24) is 0 Å². The van der Waals surface area contributed by atoms with E-state index in [0.29, 0.717) is 0 Å². The fraction of sp³-hybridized carbons (Fsp3) is 0.682. The Bertz CT molecular complexity index is 620. The van der Waals surface area contributed by atoms with Gasteiger partial charge in [0.2, 0.25) is 0 Å². The van der Waals surface area contributed by atoms with Crippen LogP contribution in [0.2, 0.25) is 18.1 Å². The maximum absolute atomic E-state index is 12.3. The van der Waals surface area contributed by atoms with Gasteiger partial charge in [-0.05, 0) is 54.1 Å². The molecule has 0 aliphatic carbocycles. The van der Waals surface area contributed by atoms with Crippen LogP contribution in [0.3, 0.4) is 0 Å². The Kier molecular flexibility index (Phi) is 8.76. The van der Waals surface area contributed by atoms with Crippen LogP contribution in [0.4, 0.5) is 0 Å². The minimum atomic E-state index is -1.74. The standard InChI is InChI=1S/C22H37BrO3Si/c1-21(2,3)27(7,8)26-16-22(4,5)14-10-13-19(20(24)25-6)17-11-9-12-18(23)15-17/h9,11-12,15,19H,10,13-14,16H2,1-8H3. The van der Waals surface area contributed by atoms with Crippen LogP contribution in [0.1, 0.15) is 65.4 Å². The second kappa shape index (κ2) is 9.70. The number of methoxy groups -OCH3 is 1. The van der Waals surface area contributed by atoms with E-state index in [1.165, 1.54) is 7.11 Å². The third-order valence-corrected chi connectivity index (χ3v) is 10.7. The van der Waals surface area contributed by atoms with Crippen molar-refractivity contribution < 1.29 is 14.0 Å². The van der Waals surface area contributed by atoms with E-state index in [-0.39, 0.29) is 22.3 Å². The molecule has 0 amide bonds. The van der Waals surface area contributed by atoms with Crippen LogP contribution < -0.4 is 0 Å². The van der Waals surface area contributed by atoms with Crippen molar-refractivity contribution in [3.63, 3.8) is 0 Å². The second-order valence-electron chi connectivity index (χ2n) is 9.74. The molecule has 5 heteroatoms. The van der Waals surface area contributed by atoms with Gasteiger partial charge in [0.25, 0.3) is 0 Å². The molecule has 1 rings (SSSR count). The van der Waals surface area contributed by atoms with Gasteiger partial charge in [0.05, 0.1) is 13.0 Å². The quantitative estimate of drug-likeness (QED) is 0.298. The average molecular weight is 458 g/mol. The van der Waals surface area contributed by atoms with Gasteiger partial charge in [0, 0.05) is 11.1 Å². The first kappa shape index (κ1) is 24.4. The summed E-state index contributed by atoms with van der Waals surface area (Å²) in [4.78, 5) is 12.3. The molecule has 0 N–H and O–H groups in total. The number of esters is 1. The minimum Gasteiger partial charge on any atom is -0.469 e. The topological polar surface area (TPSA) is 35.5 Å². The van der Waals surface area contributed by atoms with E-state index in [1.807, 2.05) is 24.3 Å². The van der Waals surface area contributed by atoms with Crippen LogP contribution in [0.5, 0.6) is 0 Å². The summed E-state index contributed by atoms with van der Waals surface area (Å²) in [6.07, 6.45) is 2.76. The van der Waals surface area contributed by atoms with Gasteiger partial charge >= 0.3 is 5.97 Å². The Morgan fingerprint density at radius 2 is 1.81 bits per heavy atom. The van der Waals surface area contributed by atoms with Crippen molar-refractivity contribution in [2.75, 3.05) is 13.7 Å². The summed E-state index contributed by atoms with van der Waals surface area (Å²) in [7, 11) is -0.275. The zero-order chi connectivity index (χ0) is 20.9. The van der Waals surface area contributed by atoms with E-state index in [2.05, 4.69) is 63.6 Å². The van der Waals surface area contributed by atoms with Crippen molar-refractivity contribution in [1.29, 1.82) is 0 Å². The first-order chi connectivity index (χ1) is 12.3. The van der Waals surface area contributed by atoms with Gasteiger partial charge in [-0.25, -0.2) is 0 Å². The van der Waals surface area contributed by atoms with Gasteiger partial charge < -0.3 is 9.16 Å². The largest absolute Gasteiger partial charge is 0.469 e. The molecular weight excluding hydrogens is 420 g/mol. The molecule has 0 aliphatic rings. The van der Waals surface area contributed by atoms with Crippen LogP contribution in [-0.2, 0) is 14.0 Å². The van der Waals surface area contributed by atoms with Crippen molar-refractivity contribution in [2.45, 2.75) is 77.9 Å². The molecule has 1 unspecified atom stereocenters. The van der Waals surface area contributed by atoms with Gasteiger partial charge in [-0.2, -0.15) is 0 Å². The van der Waals surface area contributed by atoms with Crippen molar-refractivity contribution >= 4 is 30.2 Å². The molecular formula is C22H37BrO3Si. The number of carbonyl (C=O) groups excluding carboxylic acids is 1. The Balaban J connectivity index is 2.67. The van der Waals surface area contributed by atoms with E-state index < -0.39 is 8.32 Å². The number of halogens is 1. The Morgan fingerprint density at radius 3 is 2.33 bits per heavy atom. The molecule has 1 aromatic rings. The monoisotopic (exact) mass is 456 g/mol. The Labute approximate surface area is 175 Å². The van der Waals surface area contributed by atoms with Crippen LogP contribution in [-0.4, -0.2) is 28.0 Å². The molecule has 0 heterocycles. The molecule has 27 heavy (non-hydrogen) atoms. The Morgan fingerprint density at radius 1 is 1.19 bits per heavy atom. The molecule has 0 spiro atoms. The number of benzene rings is 1. The molecule has 0 fully saturated rings. The van der Waals surface area contributed by atoms with Crippen LogP contribution in [0.15, 0.2) is 28.7 Å². The SMILES string of the molecule is COC(=O)C(CCCC(C)(C)CO[Si](C)(C)C(C)(C)C)c1cccc(Br)c1. The molecule has 154 valence electrons. The fourth-order valence-corrected chi connectivity index (χ4v) is 4.34. The molecule has 0 radical (unpaired) electrons. The van der Waals surface area contributed by atoms with E-state index in [4.69, 9.17) is 9.16 Å². The van der Waals surface area contributed by atoms with Crippen molar-refractivity contribution in [3.05, 3.63) is 34.3 Å². The third kappa shape index (κ3) is 7.70. The highest BCUT2D eigenvalue weighted by Crippen LogP contribution is 2.38. The highest BCUT2D eigenvalue weighted by molar-refractivity contribution is 9.10. The van der Waals surface area contributed by atoms with E-state index in [9.17, 15) is 4.79 Å². The second-order valence-corrected chi connectivity index (χ2v) is 15.5. The van der Waals surface area contributed by atoms with Gasteiger partial charge in [-0.15, -0.1) is 0 Å². The minimum absolute atomic E-state index is 0.0907. The summed E-state index contributed by atoms with van der Waals surface area (Å²) < 4.78 is 12.5. The van der Waals surface area contributed by atoms with Crippen LogP contribution in [0, 0.1) is 5.41 Å². The number of carbonyl (C=O) groups is 1. The summed E-state index contributed by atoms with van der Waals surface area (Å²) in [5, 5.41) is 0.222. The molecule has 0 saturated carbocycles. The van der Waals surface area contributed by atoms with Gasteiger partial charge in [0.1, 0.15) is 0 Å². The smallest absolute Gasteiger partial charge is 0.313 e. The number of hydrogen-bond donors (Lipinski definition) is 0. The molecule has 0 saturated heterocycles. The first-order valence-electron chi connectivity index (χ1n) is 9.76. The maximum atomic E-state index is 12.3. The Hall–Kier alpha value is -0.653. The molecule has 0 aliphatic heterocycles. The molecule has 1 aromatic carbocycles. The lowest BCUT2D eigenvalue weighted by Crippen LogP contribution is -2.43. The van der Waals surface area contributed by atoms with Gasteiger partial charge in [-0.1, -0.05) is 69.1 Å².